The first kappa shape index (κ1) is 10.5. The number of nitrogens with one attached hydrogen (secondary N) is 1. The van der Waals surface area contributed by atoms with E-state index in [1.807, 2.05) is 0 Å². The standard InChI is InChI=1S/C9H17NO3/c1-7(9(11)12)10-6-8-4-2-3-5-13-8/h7-8,10H,2-6H2,1H3,(H,11,12)/t7-,8?/m1/s1. The van der Waals surface area contributed by atoms with Crippen LogP contribution in [0.15, 0.2) is 0 Å². The fourth-order valence-corrected chi connectivity index (χ4v) is 1.36. The average molecular weight is 187 g/mol. The number of hydrogen-bond acceptors (Lipinski definition) is 3. The Morgan fingerprint density at radius 1 is 1.69 bits per heavy atom. The van der Waals surface area contributed by atoms with E-state index in [9.17, 15) is 4.79 Å². The first-order chi connectivity index (χ1) is 6.20. The topological polar surface area (TPSA) is 58.6 Å². The van der Waals surface area contributed by atoms with Gasteiger partial charge in [-0.05, 0) is 26.2 Å². The number of ether oxygens (including phenoxy) is 1. The Balaban J connectivity index is 2.13. The molecule has 1 unspecified atom stereocenters. The highest BCUT2D eigenvalue weighted by molar-refractivity contribution is 5.72. The highest BCUT2D eigenvalue weighted by Gasteiger charge is 2.16. The summed E-state index contributed by atoms with van der Waals surface area (Å²) in [4.78, 5) is 10.5. The molecule has 0 aromatic heterocycles. The lowest BCUT2D eigenvalue weighted by molar-refractivity contribution is -0.139. The molecule has 13 heavy (non-hydrogen) atoms. The molecule has 0 aromatic carbocycles. The Hall–Kier alpha value is -0.610. The highest BCUT2D eigenvalue weighted by atomic mass is 16.5. The smallest absolute Gasteiger partial charge is 0.320 e. The Morgan fingerprint density at radius 2 is 2.46 bits per heavy atom. The molecule has 0 saturated carbocycles. The van der Waals surface area contributed by atoms with E-state index in [2.05, 4.69) is 5.32 Å². The third-order valence-corrected chi connectivity index (χ3v) is 2.30. The fourth-order valence-electron chi connectivity index (χ4n) is 1.36. The molecule has 1 saturated heterocycles. The van der Waals surface area contributed by atoms with Crippen molar-refractivity contribution < 1.29 is 14.6 Å². The molecular formula is C9H17NO3. The molecule has 2 N–H and O–H groups in total. The van der Waals surface area contributed by atoms with Gasteiger partial charge in [0.2, 0.25) is 0 Å². The quantitative estimate of drug-likeness (QED) is 0.677. The van der Waals surface area contributed by atoms with E-state index < -0.39 is 12.0 Å². The van der Waals surface area contributed by atoms with Crippen molar-refractivity contribution in [2.75, 3.05) is 13.2 Å². The molecule has 0 radical (unpaired) electrons. The maximum atomic E-state index is 10.5. The van der Waals surface area contributed by atoms with E-state index >= 15 is 0 Å². The summed E-state index contributed by atoms with van der Waals surface area (Å²) in [6.45, 7) is 3.10. The summed E-state index contributed by atoms with van der Waals surface area (Å²) in [7, 11) is 0. The summed E-state index contributed by atoms with van der Waals surface area (Å²) in [6, 6.07) is -0.481. The van der Waals surface area contributed by atoms with Crippen LogP contribution < -0.4 is 5.32 Å². The van der Waals surface area contributed by atoms with Gasteiger partial charge < -0.3 is 15.2 Å². The van der Waals surface area contributed by atoms with Crippen LogP contribution in [0, 0.1) is 0 Å². The molecule has 4 heteroatoms. The second-order valence-electron chi connectivity index (χ2n) is 3.46. The van der Waals surface area contributed by atoms with Crippen LogP contribution in [0.25, 0.3) is 0 Å². The van der Waals surface area contributed by atoms with Crippen molar-refractivity contribution in [3.63, 3.8) is 0 Å². The van der Waals surface area contributed by atoms with Gasteiger partial charge in [-0.25, -0.2) is 0 Å². The van der Waals surface area contributed by atoms with Gasteiger partial charge in [-0.3, -0.25) is 4.79 Å². The Bertz CT molecular complexity index is 166. The Labute approximate surface area is 78.3 Å². The zero-order valence-electron chi connectivity index (χ0n) is 7.95. The lowest BCUT2D eigenvalue weighted by atomic mass is 10.1. The first-order valence-corrected chi connectivity index (χ1v) is 4.78. The fraction of sp³-hybridized carbons (Fsp3) is 0.889. The van der Waals surface area contributed by atoms with Gasteiger partial charge in [-0.1, -0.05) is 0 Å². The van der Waals surface area contributed by atoms with E-state index in [1.165, 1.54) is 6.42 Å². The Kier molecular flexibility index (Phi) is 4.18. The van der Waals surface area contributed by atoms with Gasteiger partial charge >= 0.3 is 5.97 Å². The summed E-state index contributed by atoms with van der Waals surface area (Å²) >= 11 is 0. The van der Waals surface area contributed by atoms with Crippen LogP contribution in [-0.2, 0) is 9.53 Å². The summed E-state index contributed by atoms with van der Waals surface area (Å²) in [5.41, 5.74) is 0. The molecular weight excluding hydrogens is 170 g/mol. The molecule has 1 fully saturated rings. The van der Waals surface area contributed by atoms with Gasteiger partial charge in [-0.2, -0.15) is 0 Å². The zero-order valence-corrected chi connectivity index (χ0v) is 7.95. The van der Waals surface area contributed by atoms with Crippen LogP contribution in [0.3, 0.4) is 0 Å². The van der Waals surface area contributed by atoms with Crippen molar-refractivity contribution in [3.05, 3.63) is 0 Å². The minimum Gasteiger partial charge on any atom is -0.480 e. The van der Waals surface area contributed by atoms with Gasteiger partial charge in [0.15, 0.2) is 0 Å². The third kappa shape index (κ3) is 3.74. The van der Waals surface area contributed by atoms with Crippen molar-refractivity contribution in [1.29, 1.82) is 0 Å². The molecule has 4 nitrogen and oxygen atoms in total. The van der Waals surface area contributed by atoms with Crippen LogP contribution in [0.2, 0.25) is 0 Å². The number of hydrogen-bond donors (Lipinski definition) is 2. The van der Waals surface area contributed by atoms with Crippen LogP contribution in [0.1, 0.15) is 26.2 Å². The second kappa shape index (κ2) is 5.19. The average Bonchev–Trinajstić information content (AvgIpc) is 2.15. The summed E-state index contributed by atoms with van der Waals surface area (Å²) in [5, 5.41) is 11.5. The predicted octanol–water partition coefficient (Wildman–Crippen LogP) is 0.618. The van der Waals surface area contributed by atoms with E-state index in [1.54, 1.807) is 6.92 Å². The lowest BCUT2D eigenvalue weighted by Gasteiger charge is -2.23. The van der Waals surface area contributed by atoms with Crippen LogP contribution in [-0.4, -0.2) is 36.4 Å². The number of carboxylic acids is 1. The summed E-state index contributed by atoms with van der Waals surface area (Å²) in [5.74, 6) is -0.809. The number of aliphatic carboxylic acids is 1. The molecule has 0 aliphatic carbocycles. The molecule has 1 rings (SSSR count). The van der Waals surface area contributed by atoms with Crippen molar-refractivity contribution in [3.8, 4) is 0 Å². The van der Waals surface area contributed by atoms with Crippen molar-refractivity contribution >= 4 is 5.97 Å². The molecule has 0 aromatic rings. The van der Waals surface area contributed by atoms with Gasteiger partial charge in [0.05, 0.1) is 6.10 Å². The molecule has 0 bridgehead atoms. The molecule has 0 spiro atoms. The maximum Gasteiger partial charge on any atom is 0.320 e. The van der Waals surface area contributed by atoms with E-state index in [0.29, 0.717) is 6.54 Å². The van der Waals surface area contributed by atoms with Crippen molar-refractivity contribution in [2.24, 2.45) is 0 Å². The molecule has 1 aliphatic heterocycles. The van der Waals surface area contributed by atoms with E-state index in [-0.39, 0.29) is 6.10 Å². The largest absolute Gasteiger partial charge is 0.480 e. The zero-order chi connectivity index (χ0) is 9.68. The first-order valence-electron chi connectivity index (χ1n) is 4.78. The molecule has 76 valence electrons. The van der Waals surface area contributed by atoms with Gasteiger partial charge in [0, 0.05) is 13.2 Å². The maximum absolute atomic E-state index is 10.5. The Morgan fingerprint density at radius 3 is 3.00 bits per heavy atom. The van der Waals surface area contributed by atoms with Gasteiger partial charge in [0.25, 0.3) is 0 Å². The van der Waals surface area contributed by atoms with Crippen LogP contribution in [0.4, 0.5) is 0 Å². The molecule has 2 atom stereocenters. The molecule has 1 heterocycles. The van der Waals surface area contributed by atoms with Gasteiger partial charge in [-0.15, -0.1) is 0 Å². The number of carbonyl (C=O) groups is 1. The van der Waals surface area contributed by atoms with Gasteiger partial charge in [0.1, 0.15) is 6.04 Å². The minimum atomic E-state index is -0.809. The third-order valence-electron chi connectivity index (χ3n) is 2.30. The molecule has 1 aliphatic rings. The van der Waals surface area contributed by atoms with Crippen molar-refractivity contribution in [2.45, 2.75) is 38.3 Å². The van der Waals surface area contributed by atoms with Crippen LogP contribution in [0.5, 0.6) is 0 Å². The monoisotopic (exact) mass is 187 g/mol. The SMILES string of the molecule is C[C@@H](NCC1CCCCO1)C(=O)O. The lowest BCUT2D eigenvalue weighted by Crippen LogP contribution is -2.40. The van der Waals surface area contributed by atoms with Crippen LogP contribution >= 0.6 is 0 Å². The predicted molar refractivity (Wildman–Crippen MR) is 48.7 cm³/mol. The minimum absolute atomic E-state index is 0.204. The van der Waals surface area contributed by atoms with E-state index in [4.69, 9.17) is 9.84 Å². The molecule has 0 amide bonds. The van der Waals surface area contributed by atoms with Crippen molar-refractivity contribution in [1.82, 2.24) is 5.32 Å². The summed E-state index contributed by atoms with van der Waals surface area (Å²) < 4.78 is 5.45. The number of carboxylic acid groups (broad SMARTS) is 1. The van der Waals surface area contributed by atoms with E-state index in [0.717, 1.165) is 19.4 Å². The highest BCUT2D eigenvalue weighted by Crippen LogP contribution is 2.11. The normalized spacial score (nSPS) is 25.5. The number of rotatable bonds is 4. The second-order valence-corrected chi connectivity index (χ2v) is 3.46. The summed E-state index contributed by atoms with van der Waals surface area (Å²) in [6.07, 6.45) is 3.56.